The third kappa shape index (κ3) is 2.65. The van der Waals surface area contributed by atoms with E-state index < -0.39 is 0 Å². The Labute approximate surface area is 103 Å². The average molecular weight is 237 g/mol. The van der Waals surface area contributed by atoms with Crippen molar-refractivity contribution in [2.45, 2.75) is 64.5 Å². The van der Waals surface area contributed by atoms with E-state index in [-0.39, 0.29) is 6.04 Å². The van der Waals surface area contributed by atoms with Crippen LogP contribution in [0.15, 0.2) is 0 Å². The van der Waals surface area contributed by atoms with Crippen molar-refractivity contribution in [3.8, 4) is 0 Å². The zero-order valence-electron chi connectivity index (χ0n) is 10.8. The molecule has 2 unspecified atom stereocenters. The second kappa shape index (κ2) is 5.58. The highest BCUT2D eigenvalue weighted by Crippen LogP contribution is 2.35. The Morgan fingerprint density at radius 3 is 2.65 bits per heavy atom. The molecule has 1 heterocycles. The van der Waals surface area contributed by atoms with Gasteiger partial charge in [0.1, 0.15) is 0 Å². The van der Waals surface area contributed by atoms with E-state index in [1.54, 1.807) is 0 Å². The van der Waals surface area contributed by atoms with E-state index >= 15 is 0 Å². The number of rotatable bonds is 4. The third-order valence-corrected chi connectivity index (χ3v) is 3.85. The van der Waals surface area contributed by atoms with Crippen LogP contribution in [0.1, 0.15) is 70.3 Å². The van der Waals surface area contributed by atoms with Crippen LogP contribution in [0.4, 0.5) is 0 Å². The Morgan fingerprint density at radius 2 is 2.06 bits per heavy atom. The Balaban J connectivity index is 2.18. The fraction of sp³-hybridized carbons (Fsp3) is 0.917. The summed E-state index contributed by atoms with van der Waals surface area (Å²) in [5, 5.41) is 12.0. The minimum atomic E-state index is -0.0948. The summed E-state index contributed by atoms with van der Waals surface area (Å²) in [5.74, 6) is 1.54. The molecule has 1 aromatic heterocycles. The van der Waals surface area contributed by atoms with Crippen molar-refractivity contribution in [1.29, 1.82) is 0 Å². The monoisotopic (exact) mass is 237 g/mol. The fourth-order valence-electron chi connectivity index (χ4n) is 2.96. The van der Waals surface area contributed by atoms with Crippen LogP contribution in [-0.2, 0) is 0 Å². The highest BCUT2D eigenvalue weighted by atomic mass is 15.6. The van der Waals surface area contributed by atoms with Gasteiger partial charge < -0.3 is 5.73 Å². The van der Waals surface area contributed by atoms with Gasteiger partial charge in [0.15, 0.2) is 5.82 Å². The second-order valence-electron chi connectivity index (χ2n) is 5.14. The predicted octanol–water partition coefficient (Wildman–Crippen LogP) is 2.22. The number of hydrogen-bond donors (Lipinski definition) is 1. The minimum absolute atomic E-state index is 0.0948. The molecule has 0 amide bonds. The van der Waals surface area contributed by atoms with Gasteiger partial charge in [0.25, 0.3) is 0 Å². The summed E-state index contributed by atoms with van der Waals surface area (Å²) in [6.45, 7) is 4.15. The van der Waals surface area contributed by atoms with Gasteiger partial charge in [-0.3, -0.25) is 0 Å². The van der Waals surface area contributed by atoms with Gasteiger partial charge in [-0.2, -0.15) is 0 Å². The lowest BCUT2D eigenvalue weighted by Crippen LogP contribution is -2.26. The minimum Gasteiger partial charge on any atom is -0.322 e. The Kier molecular flexibility index (Phi) is 4.10. The van der Waals surface area contributed by atoms with Gasteiger partial charge in [-0.15, -0.1) is 5.10 Å². The van der Waals surface area contributed by atoms with Crippen LogP contribution in [0, 0.1) is 5.92 Å². The van der Waals surface area contributed by atoms with Gasteiger partial charge in [0, 0.05) is 0 Å². The maximum absolute atomic E-state index is 5.92. The Hall–Kier alpha value is -0.970. The Bertz CT molecular complexity index is 340. The topological polar surface area (TPSA) is 69.6 Å². The van der Waals surface area contributed by atoms with Crippen LogP contribution in [0.5, 0.6) is 0 Å². The molecule has 1 saturated carbocycles. The molecule has 1 aliphatic carbocycles. The van der Waals surface area contributed by atoms with Crippen LogP contribution in [-0.4, -0.2) is 20.2 Å². The molecule has 0 saturated heterocycles. The molecule has 0 radical (unpaired) electrons. The number of aromatic nitrogens is 4. The molecule has 0 bridgehead atoms. The maximum atomic E-state index is 5.92. The van der Waals surface area contributed by atoms with Gasteiger partial charge >= 0.3 is 0 Å². The zero-order chi connectivity index (χ0) is 12.3. The number of tetrazole rings is 1. The first-order chi connectivity index (χ1) is 8.24. The second-order valence-corrected chi connectivity index (χ2v) is 5.14. The van der Waals surface area contributed by atoms with E-state index in [1.165, 1.54) is 32.1 Å². The van der Waals surface area contributed by atoms with Crippen LogP contribution in [0.25, 0.3) is 0 Å². The van der Waals surface area contributed by atoms with Crippen molar-refractivity contribution < 1.29 is 0 Å². The lowest BCUT2D eigenvalue weighted by molar-refractivity contribution is 0.220. The molecule has 17 heavy (non-hydrogen) atoms. The molecule has 2 atom stereocenters. The van der Waals surface area contributed by atoms with Gasteiger partial charge in [0.05, 0.1) is 12.1 Å². The zero-order valence-corrected chi connectivity index (χ0v) is 10.8. The van der Waals surface area contributed by atoms with Crippen molar-refractivity contribution in [2.75, 3.05) is 0 Å². The number of nitrogens with two attached hydrogens (primary N) is 1. The average Bonchev–Trinajstić information content (AvgIpc) is 2.81. The summed E-state index contributed by atoms with van der Waals surface area (Å²) in [6, 6.07) is 0.328. The highest BCUT2D eigenvalue weighted by Gasteiger charge is 2.27. The van der Waals surface area contributed by atoms with E-state index in [9.17, 15) is 0 Å². The quantitative estimate of drug-likeness (QED) is 0.871. The van der Waals surface area contributed by atoms with Gasteiger partial charge in [-0.05, 0) is 42.5 Å². The molecule has 5 nitrogen and oxygen atoms in total. The standard InChI is InChI=1S/C12H23N5/c1-3-11(10-7-5-4-6-8-10)17-12(9(2)13)14-15-16-17/h9-11H,3-8,13H2,1-2H3. The summed E-state index contributed by atoms with van der Waals surface area (Å²) in [6.07, 6.45) is 7.75. The van der Waals surface area contributed by atoms with Crippen molar-refractivity contribution in [2.24, 2.45) is 11.7 Å². The summed E-state index contributed by atoms with van der Waals surface area (Å²) < 4.78 is 1.97. The number of nitrogens with zero attached hydrogens (tertiary/aromatic N) is 4. The molecule has 1 aliphatic rings. The molecule has 0 spiro atoms. The molecule has 0 aromatic carbocycles. The van der Waals surface area contributed by atoms with Crippen molar-refractivity contribution in [3.05, 3.63) is 5.82 Å². The molecule has 1 fully saturated rings. The first-order valence-electron chi connectivity index (χ1n) is 6.77. The maximum Gasteiger partial charge on any atom is 0.167 e. The van der Waals surface area contributed by atoms with Crippen molar-refractivity contribution in [1.82, 2.24) is 20.2 Å². The summed E-state index contributed by atoms with van der Waals surface area (Å²) in [4.78, 5) is 0. The molecule has 0 aliphatic heterocycles. The predicted molar refractivity (Wildman–Crippen MR) is 66.3 cm³/mol. The molecular weight excluding hydrogens is 214 g/mol. The molecule has 2 rings (SSSR count). The van der Waals surface area contributed by atoms with E-state index in [0.29, 0.717) is 6.04 Å². The van der Waals surface area contributed by atoms with E-state index in [2.05, 4.69) is 22.4 Å². The van der Waals surface area contributed by atoms with E-state index in [4.69, 9.17) is 5.73 Å². The van der Waals surface area contributed by atoms with Gasteiger partial charge in [-0.25, -0.2) is 4.68 Å². The van der Waals surface area contributed by atoms with Crippen molar-refractivity contribution in [3.63, 3.8) is 0 Å². The molecular formula is C12H23N5. The van der Waals surface area contributed by atoms with Crippen molar-refractivity contribution >= 4 is 0 Å². The number of hydrogen-bond acceptors (Lipinski definition) is 4. The molecule has 96 valence electrons. The van der Waals surface area contributed by atoms with Crippen LogP contribution in [0.3, 0.4) is 0 Å². The lowest BCUT2D eigenvalue weighted by Gasteiger charge is -2.30. The van der Waals surface area contributed by atoms with E-state index in [1.807, 2.05) is 11.6 Å². The van der Waals surface area contributed by atoms with Crippen LogP contribution < -0.4 is 5.73 Å². The lowest BCUT2D eigenvalue weighted by atomic mass is 9.83. The van der Waals surface area contributed by atoms with E-state index in [0.717, 1.165) is 18.2 Å². The smallest absolute Gasteiger partial charge is 0.167 e. The van der Waals surface area contributed by atoms with Crippen LogP contribution >= 0.6 is 0 Å². The first-order valence-corrected chi connectivity index (χ1v) is 6.77. The third-order valence-electron chi connectivity index (χ3n) is 3.85. The fourth-order valence-corrected chi connectivity index (χ4v) is 2.96. The largest absolute Gasteiger partial charge is 0.322 e. The first kappa shape index (κ1) is 12.5. The molecule has 1 aromatic rings. The summed E-state index contributed by atoms with van der Waals surface area (Å²) in [5.41, 5.74) is 5.92. The molecule has 5 heteroatoms. The van der Waals surface area contributed by atoms with Crippen LogP contribution in [0.2, 0.25) is 0 Å². The normalized spacial score (nSPS) is 21.4. The highest BCUT2D eigenvalue weighted by molar-refractivity contribution is 4.92. The summed E-state index contributed by atoms with van der Waals surface area (Å²) >= 11 is 0. The SMILES string of the molecule is CCC(C1CCCCC1)n1nnnc1C(C)N. The van der Waals surface area contributed by atoms with Gasteiger partial charge in [0.2, 0.25) is 0 Å². The molecule has 2 N–H and O–H groups in total. The van der Waals surface area contributed by atoms with Gasteiger partial charge in [-0.1, -0.05) is 26.2 Å². The Morgan fingerprint density at radius 1 is 1.35 bits per heavy atom. The summed E-state index contributed by atoms with van der Waals surface area (Å²) in [7, 11) is 0.